The number of hydrogen-bond donors (Lipinski definition) is 2. The Kier molecular flexibility index (Phi) is 7.69. The van der Waals surface area contributed by atoms with Crippen molar-refractivity contribution in [3.63, 3.8) is 0 Å². The van der Waals surface area contributed by atoms with Gasteiger partial charge in [0.15, 0.2) is 0 Å². The van der Waals surface area contributed by atoms with Crippen LogP contribution in [-0.4, -0.2) is 18.1 Å². The van der Waals surface area contributed by atoms with Crippen molar-refractivity contribution < 1.29 is 19.1 Å². The van der Waals surface area contributed by atoms with Crippen molar-refractivity contribution in [1.82, 2.24) is 10.6 Å². The number of esters is 1. The Balaban J connectivity index is 1.93. The minimum Gasteiger partial charge on any atom is -0.489 e. The van der Waals surface area contributed by atoms with Gasteiger partial charge in [-0.2, -0.15) is 0 Å². The molecule has 0 saturated heterocycles. The van der Waals surface area contributed by atoms with E-state index in [9.17, 15) is 9.59 Å². The molecule has 0 aromatic heterocycles. The number of carbonyl (C=O) groups is 2. The van der Waals surface area contributed by atoms with E-state index in [1.807, 2.05) is 19.9 Å². The minimum absolute atomic E-state index is 0.0833. The molecule has 0 bridgehead atoms. The van der Waals surface area contributed by atoms with Crippen LogP contribution in [0.3, 0.4) is 0 Å². The van der Waals surface area contributed by atoms with Gasteiger partial charge >= 0.3 is 12.0 Å². The van der Waals surface area contributed by atoms with Crippen molar-refractivity contribution in [1.29, 1.82) is 0 Å². The van der Waals surface area contributed by atoms with Crippen LogP contribution in [0.1, 0.15) is 44.9 Å². The summed E-state index contributed by atoms with van der Waals surface area (Å²) < 4.78 is 11.4. The molecule has 0 fully saturated rings. The molecule has 0 aliphatic carbocycles. The third-order valence-corrected chi connectivity index (χ3v) is 5.59. The van der Waals surface area contributed by atoms with Crippen LogP contribution >= 0.6 is 23.2 Å². The highest BCUT2D eigenvalue weighted by Gasteiger charge is 2.35. The molecule has 3 rings (SSSR count). The molecule has 6 nitrogen and oxygen atoms in total. The third-order valence-electron chi connectivity index (χ3n) is 4.88. The Bertz CT molecular complexity index is 1030. The van der Waals surface area contributed by atoms with Crippen molar-refractivity contribution in [2.75, 3.05) is 0 Å². The molecule has 0 saturated carbocycles. The van der Waals surface area contributed by atoms with Gasteiger partial charge in [-0.15, -0.1) is 0 Å². The van der Waals surface area contributed by atoms with Crippen LogP contribution in [0.25, 0.3) is 0 Å². The van der Waals surface area contributed by atoms with E-state index < -0.39 is 12.0 Å². The molecular formula is C24H26Cl2N2O4. The number of amides is 2. The standard InChI is InChI=1S/C24H26Cl2N2O4/c1-13(2)21-20(23(29)32-14(3)4)22(28-24(30)27-21)15-7-5-8-16(11-15)31-12-17-18(25)9-6-10-19(17)26/h5-11,13-14,22H,12H2,1-4H3,(H2,27,28,30). The SMILES string of the molecule is CC(C)OC(=O)C1=C(C(C)C)NC(=O)NC1c1cccc(OCc2c(Cl)cccc2Cl)c1. The van der Waals surface area contributed by atoms with Crippen LogP contribution in [0.4, 0.5) is 4.79 Å². The number of urea groups is 1. The van der Waals surface area contributed by atoms with Gasteiger partial charge in [0.25, 0.3) is 0 Å². The molecule has 32 heavy (non-hydrogen) atoms. The number of carbonyl (C=O) groups excluding carboxylic acids is 2. The molecule has 0 spiro atoms. The predicted molar refractivity (Wildman–Crippen MR) is 125 cm³/mol. The second-order valence-electron chi connectivity index (χ2n) is 8.03. The van der Waals surface area contributed by atoms with Crippen molar-refractivity contribution >= 4 is 35.2 Å². The molecule has 1 aliphatic rings. The molecule has 2 aromatic rings. The van der Waals surface area contributed by atoms with E-state index in [0.29, 0.717) is 38.2 Å². The van der Waals surface area contributed by atoms with Crippen molar-refractivity contribution in [2.45, 2.75) is 46.4 Å². The lowest BCUT2D eigenvalue weighted by Gasteiger charge is -2.31. The van der Waals surface area contributed by atoms with E-state index in [0.717, 1.165) is 0 Å². The molecule has 0 radical (unpaired) electrons. The smallest absolute Gasteiger partial charge is 0.338 e. The molecule has 2 N–H and O–H groups in total. The summed E-state index contributed by atoms with van der Waals surface area (Å²) >= 11 is 12.5. The summed E-state index contributed by atoms with van der Waals surface area (Å²) in [5, 5.41) is 6.63. The highest BCUT2D eigenvalue weighted by Crippen LogP contribution is 2.33. The number of rotatable bonds is 7. The van der Waals surface area contributed by atoms with E-state index in [1.54, 1.807) is 50.2 Å². The molecule has 8 heteroatoms. The van der Waals surface area contributed by atoms with Gasteiger partial charge < -0.3 is 20.1 Å². The number of allylic oxidation sites excluding steroid dienone is 1. The number of ether oxygens (including phenoxy) is 2. The van der Waals surface area contributed by atoms with Gasteiger partial charge in [0.2, 0.25) is 0 Å². The highest BCUT2D eigenvalue weighted by atomic mass is 35.5. The quantitative estimate of drug-likeness (QED) is 0.495. The van der Waals surface area contributed by atoms with E-state index in [1.165, 1.54) is 0 Å². The first kappa shape index (κ1) is 24.0. The second-order valence-corrected chi connectivity index (χ2v) is 8.84. The van der Waals surface area contributed by atoms with E-state index in [-0.39, 0.29) is 24.7 Å². The number of benzene rings is 2. The zero-order valence-electron chi connectivity index (χ0n) is 18.4. The Morgan fingerprint density at radius 3 is 2.34 bits per heavy atom. The largest absolute Gasteiger partial charge is 0.489 e. The van der Waals surface area contributed by atoms with Crippen LogP contribution in [0.5, 0.6) is 5.75 Å². The molecule has 1 heterocycles. The predicted octanol–water partition coefficient (Wildman–Crippen LogP) is 5.79. The summed E-state index contributed by atoms with van der Waals surface area (Å²) in [7, 11) is 0. The lowest BCUT2D eigenvalue weighted by molar-refractivity contribution is -0.143. The van der Waals surface area contributed by atoms with E-state index in [2.05, 4.69) is 10.6 Å². The van der Waals surface area contributed by atoms with E-state index >= 15 is 0 Å². The van der Waals surface area contributed by atoms with Gasteiger partial charge in [-0.05, 0) is 49.6 Å². The van der Waals surface area contributed by atoms with Gasteiger partial charge in [0.1, 0.15) is 12.4 Å². The fourth-order valence-corrected chi connectivity index (χ4v) is 3.91. The molecule has 2 aromatic carbocycles. The number of hydrogen-bond acceptors (Lipinski definition) is 4. The van der Waals surface area contributed by atoms with Crippen LogP contribution in [0.15, 0.2) is 53.7 Å². The third kappa shape index (κ3) is 5.56. The average molecular weight is 477 g/mol. The molecular weight excluding hydrogens is 451 g/mol. The van der Waals surface area contributed by atoms with Crippen LogP contribution in [0.2, 0.25) is 10.0 Å². The first-order chi connectivity index (χ1) is 15.2. The van der Waals surface area contributed by atoms with Crippen LogP contribution in [-0.2, 0) is 16.1 Å². The topological polar surface area (TPSA) is 76.7 Å². The normalized spacial score (nSPS) is 16.1. The van der Waals surface area contributed by atoms with Gasteiger partial charge in [-0.3, -0.25) is 0 Å². The molecule has 170 valence electrons. The zero-order valence-corrected chi connectivity index (χ0v) is 19.9. The Morgan fingerprint density at radius 2 is 1.72 bits per heavy atom. The summed E-state index contributed by atoms with van der Waals surface area (Å²) in [4.78, 5) is 25.3. The lowest BCUT2D eigenvalue weighted by Crippen LogP contribution is -2.47. The van der Waals surface area contributed by atoms with E-state index in [4.69, 9.17) is 32.7 Å². The molecule has 1 atom stereocenters. The summed E-state index contributed by atoms with van der Waals surface area (Å²) in [6.45, 7) is 7.56. The van der Waals surface area contributed by atoms with Gasteiger partial charge in [-0.1, -0.05) is 55.2 Å². The molecule has 1 unspecified atom stereocenters. The summed E-state index contributed by atoms with van der Waals surface area (Å²) in [5.74, 6) is -0.00984. The van der Waals surface area contributed by atoms with Crippen molar-refractivity contribution in [2.24, 2.45) is 5.92 Å². The molecule has 1 aliphatic heterocycles. The minimum atomic E-state index is -0.681. The fraction of sp³-hybridized carbons (Fsp3) is 0.333. The summed E-state index contributed by atoms with van der Waals surface area (Å²) in [6, 6.07) is 11.4. The van der Waals surface area contributed by atoms with Crippen molar-refractivity contribution in [3.05, 3.63) is 74.9 Å². The average Bonchev–Trinajstić information content (AvgIpc) is 2.72. The molecule has 2 amide bonds. The Hall–Kier alpha value is -2.70. The maximum Gasteiger partial charge on any atom is 0.338 e. The zero-order chi connectivity index (χ0) is 23.4. The number of halogens is 2. The van der Waals surface area contributed by atoms with Crippen LogP contribution in [0, 0.1) is 5.92 Å². The first-order valence-electron chi connectivity index (χ1n) is 10.4. The maximum absolute atomic E-state index is 13.0. The monoisotopic (exact) mass is 476 g/mol. The second kappa shape index (κ2) is 10.3. The lowest BCUT2D eigenvalue weighted by atomic mass is 9.91. The van der Waals surface area contributed by atoms with Crippen molar-refractivity contribution in [3.8, 4) is 5.75 Å². The first-order valence-corrected chi connectivity index (χ1v) is 11.1. The van der Waals surface area contributed by atoms with Crippen LogP contribution < -0.4 is 15.4 Å². The van der Waals surface area contributed by atoms with Gasteiger partial charge in [0, 0.05) is 21.3 Å². The highest BCUT2D eigenvalue weighted by molar-refractivity contribution is 6.35. The maximum atomic E-state index is 13.0. The summed E-state index contributed by atoms with van der Waals surface area (Å²) in [5.41, 5.74) is 2.29. The summed E-state index contributed by atoms with van der Waals surface area (Å²) in [6.07, 6.45) is -0.295. The Morgan fingerprint density at radius 1 is 1.06 bits per heavy atom. The van der Waals surface area contributed by atoms with Gasteiger partial charge in [0.05, 0.1) is 17.7 Å². The fourth-order valence-electron chi connectivity index (χ4n) is 3.40. The Labute approximate surface area is 197 Å². The number of nitrogens with one attached hydrogen (secondary N) is 2. The van der Waals surface area contributed by atoms with Gasteiger partial charge in [-0.25, -0.2) is 9.59 Å².